The second kappa shape index (κ2) is 7.87. The van der Waals surface area contributed by atoms with Gasteiger partial charge in [0.1, 0.15) is 16.7 Å². The number of amides is 2. The van der Waals surface area contributed by atoms with Gasteiger partial charge in [0.15, 0.2) is 0 Å². The van der Waals surface area contributed by atoms with E-state index in [-0.39, 0.29) is 17.7 Å². The SMILES string of the molecule is CNC(=O)[C@@H](NC(=O)c1csc(-c2ccc(I)cc2)n1)C(C)C. The topological polar surface area (TPSA) is 71.1 Å². The molecular formula is C16H18IN3O2S. The molecule has 0 spiro atoms. The summed E-state index contributed by atoms with van der Waals surface area (Å²) in [6, 6.07) is 7.37. The van der Waals surface area contributed by atoms with Gasteiger partial charge in [-0.1, -0.05) is 26.0 Å². The van der Waals surface area contributed by atoms with Crippen LogP contribution in [0, 0.1) is 9.49 Å². The molecule has 2 aromatic rings. The maximum Gasteiger partial charge on any atom is 0.271 e. The van der Waals surface area contributed by atoms with Crippen molar-refractivity contribution in [3.63, 3.8) is 0 Å². The average molecular weight is 443 g/mol. The lowest BCUT2D eigenvalue weighted by Crippen LogP contribution is -2.48. The number of hydrogen-bond donors (Lipinski definition) is 2. The van der Waals surface area contributed by atoms with Crippen LogP contribution in [-0.2, 0) is 4.79 Å². The van der Waals surface area contributed by atoms with Gasteiger partial charge in [-0.2, -0.15) is 0 Å². The quantitative estimate of drug-likeness (QED) is 0.699. The number of halogens is 1. The van der Waals surface area contributed by atoms with Crippen molar-refractivity contribution < 1.29 is 9.59 Å². The molecule has 0 saturated heterocycles. The summed E-state index contributed by atoms with van der Waals surface area (Å²) in [5.74, 6) is -0.546. The Bertz CT molecular complexity index is 698. The zero-order valence-electron chi connectivity index (χ0n) is 13.1. The molecule has 1 aromatic heterocycles. The molecule has 0 unspecified atom stereocenters. The average Bonchev–Trinajstić information content (AvgIpc) is 3.02. The molecule has 0 saturated carbocycles. The third-order valence-electron chi connectivity index (χ3n) is 3.31. The molecule has 0 fully saturated rings. The fourth-order valence-corrected chi connectivity index (χ4v) is 3.17. The monoisotopic (exact) mass is 443 g/mol. The number of carbonyl (C=O) groups is 2. The number of benzene rings is 1. The van der Waals surface area contributed by atoms with E-state index in [0.717, 1.165) is 14.1 Å². The number of rotatable bonds is 5. The Morgan fingerprint density at radius 3 is 2.43 bits per heavy atom. The van der Waals surface area contributed by atoms with Crippen LogP contribution in [0.5, 0.6) is 0 Å². The first kappa shape index (κ1) is 17.9. The summed E-state index contributed by atoms with van der Waals surface area (Å²) in [5.41, 5.74) is 1.30. The van der Waals surface area contributed by atoms with Crippen molar-refractivity contribution in [2.75, 3.05) is 7.05 Å². The predicted molar refractivity (Wildman–Crippen MR) is 100 cm³/mol. The fourth-order valence-electron chi connectivity index (χ4n) is 2.01. The van der Waals surface area contributed by atoms with Crippen LogP contribution in [0.1, 0.15) is 24.3 Å². The van der Waals surface area contributed by atoms with Gasteiger partial charge in [-0.05, 0) is 40.6 Å². The summed E-state index contributed by atoms with van der Waals surface area (Å²) in [6.45, 7) is 3.77. The number of carbonyl (C=O) groups excluding carboxylic acids is 2. The van der Waals surface area contributed by atoms with Crippen LogP contribution in [0.25, 0.3) is 10.6 Å². The number of thiazole rings is 1. The van der Waals surface area contributed by atoms with Gasteiger partial charge in [0.25, 0.3) is 5.91 Å². The highest BCUT2D eigenvalue weighted by Crippen LogP contribution is 2.24. The molecule has 0 aliphatic carbocycles. The van der Waals surface area contributed by atoms with Gasteiger partial charge in [-0.25, -0.2) is 4.98 Å². The summed E-state index contributed by atoms with van der Waals surface area (Å²) in [7, 11) is 1.56. The van der Waals surface area contributed by atoms with Gasteiger partial charge in [0, 0.05) is 21.6 Å². The minimum atomic E-state index is -0.573. The maximum atomic E-state index is 12.3. The summed E-state index contributed by atoms with van der Waals surface area (Å²) in [4.78, 5) is 28.5. The number of nitrogens with one attached hydrogen (secondary N) is 2. The van der Waals surface area contributed by atoms with Crippen LogP contribution in [-0.4, -0.2) is 29.9 Å². The van der Waals surface area contributed by atoms with Gasteiger partial charge in [-0.15, -0.1) is 11.3 Å². The van der Waals surface area contributed by atoms with Crippen molar-refractivity contribution in [3.05, 3.63) is 38.9 Å². The first-order valence-corrected chi connectivity index (χ1v) is 9.12. The minimum absolute atomic E-state index is 0.00629. The van der Waals surface area contributed by atoms with Crippen molar-refractivity contribution in [3.8, 4) is 10.6 Å². The van der Waals surface area contributed by atoms with E-state index < -0.39 is 6.04 Å². The molecule has 5 nitrogen and oxygen atoms in total. The van der Waals surface area contributed by atoms with Crippen molar-refractivity contribution >= 4 is 45.7 Å². The van der Waals surface area contributed by atoms with Crippen LogP contribution < -0.4 is 10.6 Å². The van der Waals surface area contributed by atoms with E-state index in [9.17, 15) is 9.59 Å². The van der Waals surface area contributed by atoms with Crippen LogP contribution in [0.15, 0.2) is 29.6 Å². The molecule has 0 aliphatic heterocycles. The molecule has 1 atom stereocenters. The molecule has 7 heteroatoms. The molecular weight excluding hydrogens is 425 g/mol. The van der Waals surface area contributed by atoms with Crippen LogP contribution in [0.4, 0.5) is 0 Å². The van der Waals surface area contributed by atoms with Gasteiger partial charge in [0.2, 0.25) is 5.91 Å². The van der Waals surface area contributed by atoms with E-state index in [0.29, 0.717) is 5.69 Å². The highest BCUT2D eigenvalue weighted by atomic mass is 127. The molecule has 122 valence electrons. The van der Waals surface area contributed by atoms with Crippen molar-refractivity contribution in [2.45, 2.75) is 19.9 Å². The maximum absolute atomic E-state index is 12.3. The first-order chi connectivity index (χ1) is 10.9. The third kappa shape index (κ3) is 4.51. The fraction of sp³-hybridized carbons (Fsp3) is 0.312. The summed E-state index contributed by atoms with van der Waals surface area (Å²) in [5, 5.41) is 7.81. The Morgan fingerprint density at radius 1 is 1.22 bits per heavy atom. The van der Waals surface area contributed by atoms with Gasteiger partial charge in [-0.3, -0.25) is 9.59 Å². The Kier molecular flexibility index (Phi) is 6.11. The Balaban J connectivity index is 2.14. The smallest absolute Gasteiger partial charge is 0.271 e. The number of likely N-dealkylation sites (N-methyl/N-ethyl adjacent to an activating group) is 1. The zero-order valence-corrected chi connectivity index (χ0v) is 16.1. The molecule has 23 heavy (non-hydrogen) atoms. The van der Waals surface area contributed by atoms with Crippen LogP contribution in [0.3, 0.4) is 0 Å². The molecule has 1 heterocycles. The van der Waals surface area contributed by atoms with Crippen LogP contribution >= 0.6 is 33.9 Å². The second-order valence-electron chi connectivity index (χ2n) is 5.35. The molecule has 2 rings (SSSR count). The van der Waals surface area contributed by atoms with Gasteiger partial charge < -0.3 is 10.6 Å². The van der Waals surface area contributed by atoms with E-state index >= 15 is 0 Å². The lowest BCUT2D eigenvalue weighted by molar-refractivity contribution is -0.123. The van der Waals surface area contributed by atoms with Crippen molar-refractivity contribution in [1.82, 2.24) is 15.6 Å². The zero-order chi connectivity index (χ0) is 17.0. The van der Waals surface area contributed by atoms with E-state index in [1.54, 1.807) is 12.4 Å². The Hall–Kier alpha value is -1.48. The lowest BCUT2D eigenvalue weighted by Gasteiger charge is -2.20. The normalized spacial score (nSPS) is 12.0. The summed E-state index contributed by atoms with van der Waals surface area (Å²) in [6.07, 6.45) is 0. The Labute approximate surface area is 153 Å². The minimum Gasteiger partial charge on any atom is -0.357 e. The van der Waals surface area contributed by atoms with E-state index in [1.807, 2.05) is 38.1 Å². The first-order valence-electron chi connectivity index (χ1n) is 7.16. The molecule has 1 aromatic carbocycles. The molecule has 2 amide bonds. The predicted octanol–water partition coefficient (Wildman–Crippen LogP) is 2.92. The van der Waals surface area contributed by atoms with Gasteiger partial charge >= 0.3 is 0 Å². The standard InChI is InChI=1S/C16H18IN3O2S/c1-9(2)13(15(22)18-3)20-14(21)12-8-23-16(19-12)10-4-6-11(17)7-5-10/h4-9,13H,1-3H3,(H,18,22)(H,20,21)/t13-/m0/s1. The van der Waals surface area contributed by atoms with Gasteiger partial charge in [0.05, 0.1) is 0 Å². The van der Waals surface area contributed by atoms with Crippen molar-refractivity contribution in [2.24, 2.45) is 5.92 Å². The van der Waals surface area contributed by atoms with E-state index in [2.05, 4.69) is 38.2 Å². The molecule has 0 bridgehead atoms. The summed E-state index contributed by atoms with van der Waals surface area (Å²) < 4.78 is 1.14. The Morgan fingerprint density at radius 2 is 1.87 bits per heavy atom. The number of hydrogen-bond acceptors (Lipinski definition) is 4. The molecule has 2 N–H and O–H groups in total. The lowest BCUT2D eigenvalue weighted by atomic mass is 10.0. The largest absolute Gasteiger partial charge is 0.357 e. The van der Waals surface area contributed by atoms with E-state index in [4.69, 9.17) is 0 Å². The van der Waals surface area contributed by atoms with E-state index in [1.165, 1.54) is 11.3 Å². The third-order valence-corrected chi connectivity index (χ3v) is 4.92. The van der Waals surface area contributed by atoms with Crippen molar-refractivity contribution in [1.29, 1.82) is 0 Å². The number of nitrogens with zero attached hydrogens (tertiary/aromatic N) is 1. The second-order valence-corrected chi connectivity index (χ2v) is 7.46. The summed E-state index contributed by atoms with van der Waals surface area (Å²) >= 11 is 3.65. The van der Waals surface area contributed by atoms with Crippen LogP contribution in [0.2, 0.25) is 0 Å². The highest BCUT2D eigenvalue weighted by Gasteiger charge is 2.24. The highest BCUT2D eigenvalue weighted by molar-refractivity contribution is 14.1. The molecule has 0 radical (unpaired) electrons. The molecule has 0 aliphatic rings. The number of aromatic nitrogens is 1.